The lowest BCUT2D eigenvalue weighted by atomic mass is 10.1. The van der Waals surface area contributed by atoms with Crippen molar-refractivity contribution in [2.24, 2.45) is 0 Å². The monoisotopic (exact) mass is 426 g/mol. The van der Waals surface area contributed by atoms with E-state index < -0.39 is 31.7 Å². The Kier molecular flexibility index (Phi) is 6.24. The normalized spacial score (nSPS) is 14.0. The van der Waals surface area contributed by atoms with Crippen LogP contribution < -0.4 is 10.0 Å². The average Bonchev–Trinajstić information content (AvgIpc) is 2.99. The molecule has 0 unspecified atom stereocenters. The standard InChI is InChI=1S/C16H14ClF3N2O2S.ClH/c17-15-4-3-13(6-14(15)16(18,19)20)25(23,24)22-7-10-1-2-11-8-21-9-12(11)5-10;/h1-6,21-22H,7-9H2;1H. The van der Waals surface area contributed by atoms with Crippen molar-refractivity contribution in [3.8, 4) is 0 Å². The van der Waals surface area contributed by atoms with Crippen molar-refractivity contribution >= 4 is 34.0 Å². The van der Waals surface area contributed by atoms with Gasteiger partial charge in [-0.05, 0) is 34.9 Å². The molecule has 2 aromatic rings. The zero-order valence-electron chi connectivity index (χ0n) is 13.2. The molecule has 0 atom stereocenters. The number of benzene rings is 2. The summed E-state index contributed by atoms with van der Waals surface area (Å²) in [5.41, 5.74) is 1.79. The van der Waals surface area contributed by atoms with Crippen LogP contribution in [0, 0.1) is 0 Å². The van der Waals surface area contributed by atoms with Crippen molar-refractivity contribution in [3.05, 3.63) is 63.7 Å². The molecule has 1 aliphatic rings. The Labute approximate surface area is 160 Å². The Morgan fingerprint density at radius 3 is 2.46 bits per heavy atom. The molecule has 2 N–H and O–H groups in total. The van der Waals surface area contributed by atoms with Gasteiger partial charge in [-0.1, -0.05) is 29.8 Å². The van der Waals surface area contributed by atoms with Gasteiger partial charge in [-0.2, -0.15) is 13.2 Å². The highest BCUT2D eigenvalue weighted by Crippen LogP contribution is 2.35. The van der Waals surface area contributed by atoms with Crippen LogP contribution in [0.1, 0.15) is 22.3 Å². The van der Waals surface area contributed by atoms with Crippen LogP contribution in [0.25, 0.3) is 0 Å². The minimum atomic E-state index is -4.73. The number of hydrogen-bond donors (Lipinski definition) is 2. The summed E-state index contributed by atoms with van der Waals surface area (Å²) in [6.07, 6.45) is -4.73. The lowest BCUT2D eigenvalue weighted by Crippen LogP contribution is -2.24. The topological polar surface area (TPSA) is 58.2 Å². The van der Waals surface area contributed by atoms with Gasteiger partial charge in [0.05, 0.1) is 15.5 Å². The molecule has 0 saturated heterocycles. The second kappa shape index (κ2) is 7.74. The highest BCUT2D eigenvalue weighted by Gasteiger charge is 2.34. The third-order valence-corrected chi connectivity index (χ3v) is 5.65. The largest absolute Gasteiger partial charge is 0.417 e. The fourth-order valence-corrected chi connectivity index (χ4v) is 3.88. The predicted molar refractivity (Wildman–Crippen MR) is 94.7 cm³/mol. The number of alkyl halides is 3. The van der Waals surface area contributed by atoms with Crippen LogP contribution >= 0.6 is 24.0 Å². The van der Waals surface area contributed by atoms with Crippen molar-refractivity contribution in [3.63, 3.8) is 0 Å². The maximum Gasteiger partial charge on any atom is 0.417 e. The molecule has 4 nitrogen and oxygen atoms in total. The fraction of sp³-hybridized carbons (Fsp3) is 0.250. The lowest BCUT2D eigenvalue weighted by Gasteiger charge is -2.12. The van der Waals surface area contributed by atoms with Gasteiger partial charge in [0.15, 0.2) is 0 Å². The SMILES string of the molecule is Cl.O=S(=O)(NCc1ccc2c(c1)CNC2)c1ccc(Cl)c(C(F)(F)F)c1. The Morgan fingerprint density at radius 2 is 1.77 bits per heavy atom. The molecule has 0 fully saturated rings. The summed E-state index contributed by atoms with van der Waals surface area (Å²) >= 11 is 5.52. The van der Waals surface area contributed by atoms with Gasteiger partial charge in [0.2, 0.25) is 10.0 Å². The van der Waals surface area contributed by atoms with E-state index in [1.807, 2.05) is 12.1 Å². The van der Waals surface area contributed by atoms with E-state index in [0.717, 1.165) is 35.4 Å². The molecular weight excluding hydrogens is 412 g/mol. The first kappa shape index (κ1) is 21.0. The highest BCUT2D eigenvalue weighted by atomic mass is 35.5. The summed E-state index contributed by atoms with van der Waals surface area (Å²) in [5.74, 6) is 0. The van der Waals surface area contributed by atoms with Crippen LogP contribution in [0.4, 0.5) is 13.2 Å². The Balaban J connectivity index is 0.00000243. The first-order valence-corrected chi connectivity index (χ1v) is 9.21. The zero-order chi connectivity index (χ0) is 18.2. The van der Waals surface area contributed by atoms with E-state index in [2.05, 4.69) is 10.0 Å². The molecule has 1 heterocycles. The second-order valence-electron chi connectivity index (χ2n) is 5.67. The molecule has 0 saturated carbocycles. The van der Waals surface area contributed by atoms with Crippen LogP contribution in [0.5, 0.6) is 0 Å². The van der Waals surface area contributed by atoms with Crippen molar-refractivity contribution in [2.45, 2.75) is 30.7 Å². The minimum absolute atomic E-state index is 0. The van der Waals surface area contributed by atoms with Gasteiger partial charge in [-0.3, -0.25) is 0 Å². The van der Waals surface area contributed by atoms with E-state index in [1.54, 1.807) is 6.07 Å². The van der Waals surface area contributed by atoms with E-state index in [1.165, 1.54) is 0 Å². The Morgan fingerprint density at radius 1 is 1.08 bits per heavy atom. The zero-order valence-corrected chi connectivity index (χ0v) is 15.6. The highest BCUT2D eigenvalue weighted by molar-refractivity contribution is 7.89. The molecule has 0 bridgehead atoms. The average molecular weight is 427 g/mol. The summed E-state index contributed by atoms with van der Waals surface area (Å²) in [7, 11) is -4.10. The van der Waals surface area contributed by atoms with Gasteiger partial charge in [0.25, 0.3) is 0 Å². The summed E-state index contributed by atoms with van der Waals surface area (Å²) in [4.78, 5) is -0.480. The minimum Gasteiger partial charge on any atom is -0.309 e. The lowest BCUT2D eigenvalue weighted by molar-refractivity contribution is -0.137. The summed E-state index contributed by atoms with van der Waals surface area (Å²) in [6, 6.07) is 8.09. The molecule has 0 radical (unpaired) electrons. The molecule has 0 amide bonds. The number of halogens is 5. The van der Waals surface area contributed by atoms with Crippen molar-refractivity contribution < 1.29 is 21.6 Å². The maximum absolute atomic E-state index is 12.9. The van der Waals surface area contributed by atoms with Crippen LogP contribution in [-0.2, 0) is 35.8 Å². The first-order chi connectivity index (χ1) is 11.7. The maximum atomic E-state index is 12.9. The summed E-state index contributed by atoms with van der Waals surface area (Å²) in [6.45, 7) is 1.47. The Hall–Kier alpha value is -1.32. The van der Waals surface area contributed by atoms with E-state index in [-0.39, 0.29) is 19.0 Å². The van der Waals surface area contributed by atoms with E-state index >= 15 is 0 Å². The smallest absolute Gasteiger partial charge is 0.309 e. The van der Waals surface area contributed by atoms with E-state index in [4.69, 9.17) is 11.6 Å². The van der Waals surface area contributed by atoms with Crippen LogP contribution in [0.3, 0.4) is 0 Å². The van der Waals surface area contributed by atoms with Gasteiger partial charge < -0.3 is 5.32 Å². The van der Waals surface area contributed by atoms with Crippen LogP contribution in [0.2, 0.25) is 5.02 Å². The number of nitrogens with one attached hydrogen (secondary N) is 2. The molecular formula is C16H15Cl2F3N2O2S. The van der Waals surface area contributed by atoms with Gasteiger partial charge in [-0.25, -0.2) is 13.1 Å². The summed E-state index contributed by atoms with van der Waals surface area (Å²) < 4.78 is 65.6. The van der Waals surface area contributed by atoms with Crippen molar-refractivity contribution in [1.29, 1.82) is 0 Å². The van der Waals surface area contributed by atoms with Crippen LogP contribution in [-0.4, -0.2) is 8.42 Å². The predicted octanol–water partition coefficient (Wildman–Crippen LogP) is 3.86. The van der Waals surface area contributed by atoms with E-state index in [9.17, 15) is 21.6 Å². The number of sulfonamides is 1. The van der Waals surface area contributed by atoms with Gasteiger partial charge in [-0.15, -0.1) is 12.4 Å². The van der Waals surface area contributed by atoms with Crippen molar-refractivity contribution in [1.82, 2.24) is 10.0 Å². The molecule has 0 aromatic heterocycles. The number of rotatable bonds is 4. The van der Waals surface area contributed by atoms with Gasteiger partial charge >= 0.3 is 6.18 Å². The molecule has 26 heavy (non-hydrogen) atoms. The number of hydrogen-bond acceptors (Lipinski definition) is 3. The third-order valence-electron chi connectivity index (χ3n) is 3.92. The van der Waals surface area contributed by atoms with Gasteiger partial charge in [0, 0.05) is 19.6 Å². The van der Waals surface area contributed by atoms with Crippen LogP contribution in [0.15, 0.2) is 41.3 Å². The van der Waals surface area contributed by atoms with Crippen molar-refractivity contribution in [2.75, 3.05) is 0 Å². The molecule has 10 heteroatoms. The van der Waals surface area contributed by atoms with Gasteiger partial charge in [0.1, 0.15) is 0 Å². The molecule has 142 valence electrons. The van der Waals surface area contributed by atoms with E-state index in [0.29, 0.717) is 12.6 Å². The first-order valence-electron chi connectivity index (χ1n) is 7.34. The molecule has 0 spiro atoms. The fourth-order valence-electron chi connectivity index (χ4n) is 2.61. The summed E-state index contributed by atoms with van der Waals surface area (Å²) in [5, 5.41) is 2.64. The number of fused-ring (bicyclic) bond motifs is 1. The third kappa shape index (κ3) is 4.50. The molecule has 2 aromatic carbocycles. The quantitative estimate of drug-likeness (QED) is 0.779. The molecule has 0 aliphatic carbocycles. The molecule has 1 aliphatic heterocycles. The molecule has 3 rings (SSSR count). The second-order valence-corrected chi connectivity index (χ2v) is 7.84. The Bertz CT molecular complexity index is 918.